The van der Waals surface area contributed by atoms with Gasteiger partial charge in [0.05, 0.1) is 6.67 Å². The molecule has 0 fully saturated rings. The number of rotatable bonds is 4. The number of carbonyl (C=O) groups excluding carboxylic acids is 1. The molecule has 0 N–H and O–H groups in total. The second-order valence-corrected chi connectivity index (χ2v) is 1.84. The molecule has 0 aromatic carbocycles. The van der Waals surface area contributed by atoms with E-state index in [9.17, 15) is 18.0 Å². The Labute approximate surface area is 61.6 Å². The third kappa shape index (κ3) is 3.03. The topological polar surface area (TPSA) is 40.9 Å². The van der Waals surface area contributed by atoms with Gasteiger partial charge in [0, 0.05) is 6.42 Å². The molecule has 11 heavy (non-hydrogen) atoms. The lowest BCUT2D eigenvalue weighted by Gasteiger charge is -2.02. The summed E-state index contributed by atoms with van der Waals surface area (Å²) < 4.78 is 35.7. The van der Waals surface area contributed by atoms with Gasteiger partial charge in [-0.2, -0.15) is 5.26 Å². The zero-order valence-corrected chi connectivity index (χ0v) is 5.56. The van der Waals surface area contributed by atoms with Crippen molar-refractivity contribution in [2.75, 3.05) is 6.67 Å². The fourth-order valence-electron chi connectivity index (χ4n) is 0.460. The van der Waals surface area contributed by atoms with Crippen molar-refractivity contribution in [2.45, 2.75) is 18.8 Å². The van der Waals surface area contributed by atoms with Crippen LogP contribution in [0.5, 0.6) is 0 Å². The number of ketones is 1. The summed E-state index contributed by atoms with van der Waals surface area (Å²) in [4.78, 5) is 10.3. The highest BCUT2D eigenvalue weighted by Crippen LogP contribution is 2.05. The van der Waals surface area contributed by atoms with Crippen LogP contribution in [0.1, 0.15) is 6.42 Å². The highest BCUT2D eigenvalue weighted by Gasteiger charge is 2.25. The molecule has 5 heteroatoms. The van der Waals surface area contributed by atoms with Gasteiger partial charge in [-0.05, 0) is 0 Å². The van der Waals surface area contributed by atoms with Crippen molar-refractivity contribution in [1.29, 1.82) is 5.26 Å². The largest absolute Gasteiger partial charge is 0.292 e. The molecule has 0 amide bonds. The van der Waals surface area contributed by atoms with Gasteiger partial charge in [-0.1, -0.05) is 0 Å². The summed E-state index contributed by atoms with van der Waals surface area (Å²) >= 11 is 0. The third-order valence-electron chi connectivity index (χ3n) is 1.03. The van der Waals surface area contributed by atoms with Crippen LogP contribution in [-0.4, -0.2) is 24.8 Å². The Balaban J connectivity index is 3.94. The fourth-order valence-corrected chi connectivity index (χ4v) is 0.460. The maximum Gasteiger partial charge on any atom is 0.246 e. The highest BCUT2D eigenvalue weighted by molar-refractivity contribution is 5.89. The molecule has 0 bridgehead atoms. The summed E-state index contributed by atoms with van der Waals surface area (Å²) in [6, 6.07) is 0.925. The van der Waals surface area contributed by atoms with Crippen molar-refractivity contribution in [2.24, 2.45) is 0 Å². The molecule has 2 nitrogen and oxygen atoms in total. The molecule has 62 valence electrons. The Morgan fingerprint density at radius 2 is 2.09 bits per heavy atom. The van der Waals surface area contributed by atoms with E-state index in [0.717, 1.165) is 6.07 Å². The first-order chi connectivity index (χ1) is 5.13. The van der Waals surface area contributed by atoms with Crippen LogP contribution in [0.25, 0.3) is 0 Å². The number of nitrogens with zero attached hydrogens (tertiary/aromatic N) is 1. The lowest BCUT2D eigenvalue weighted by molar-refractivity contribution is -0.127. The Morgan fingerprint density at radius 1 is 1.55 bits per heavy atom. The predicted octanol–water partition coefficient (Wildman–Crippen LogP) is 1.11. The van der Waals surface area contributed by atoms with Crippen LogP contribution in [0.4, 0.5) is 13.2 Å². The van der Waals surface area contributed by atoms with Crippen molar-refractivity contribution in [3.05, 3.63) is 0 Å². The molecule has 2 atom stereocenters. The number of carbonyl (C=O) groups is 1. The molecule has 0 aliphatic carbocycles. The van der Waals surface area contributed by atoms with Crippen LogP contribution >= 0.6 is 0 Å². The van der Waals surface area contributed by atoms with Gasteiger partial charge in [-0.15, -0.1) is 0 Å². The second kappa shape index (κ2) is 4.72. The van der Waals surface area contributed by atoms with Crippen molar-refractivity contribution in [3.63, 3.8) is 0 Å². The minimum absolute atomic E-state index is 0.680. The van der Waals surface area contributed by atoms with Crippen LogP contribution in [0, 0.1) is 11.3 Å². The Bertz CT molecular complexity index is 177. The van der Waals surface area contributed by atoms with E-state index in [1.54, 1.807) is 0 Å². The summed E-state index contributed by atoms with van der Waals surface area (Å²) in [6.07, 6.45) is -5.35. The average molecular weight is 165 g/mol. The SMILES string of the molecule is N#CC(F)C(=O)C(F)CCF. The van der Waals surface area contributed by atoms with E-state index in [1.165, 1.54) is 0 Å². The molecule has 0 saturated carbocycles. The maximum absolute atomic E-state index is 12.3. The summed E-state index contributed by atoms with van der Waals surface area (Å²) in [6.45, 7) is -1.04. The third-order valence-corrected chi connectivity index (χ3v) is 1.03. The molecular formula is C6H6F3NO. The zero-order valence-electron chi connectivity index (χ0n) is 5.56. The van der Waals surface area contributed by atoms with E-state index in [-0.39, 0.29) is 0 Å². The van der Waals surface area contributed by atoms with Gasteiger partial charge in [0.1, 0.15) is 6.07 Å². The first-order valence-electron chi connectivity index (χ1n) is 2.91. The van der Waals surface area contributed by atoms with Gasteiger partial charge < -0.3 is 0 Å². The maximum atomic E-state index is 12.3. The Hall–Kier alpha value is -1.05. The van der Waals surface area contributed by atoms with Gasteiger partial charge in [0.2, 0.25) is 12.0 Å². The smallest absolute Gasteiger partial charge is 0.246 e. The molecule has 0 aromatic rings. The molecule has 0 radical (unpaired) electrons. The average Bonchev–Trinajstić information content (AvgIpc) is 2.02. The fraction of sp³-hybridized carbons (Fsp3) is 0.667. The number of hydrogen-bond donors (Lipinski definition) is 0. The second-order valence-electron chi connectivity index (χ2n) is 1.84. The van der Waals surface area contributed by atoms with Gasteiger partial charge >= 0.3 is 0 Å². The number of alkyl halides is 3. The number of Topliss-reactive ketones (excluding diaryl/α,β-unsaturated/α-hetero) is 1. The van der Waals surface area contributed by atoms with Gasteiger partial charge in [0.25, 0.3) is 0 Å². The zero-order chi connectivity index (χ0) is 8.85. The van der Waals surface area contributed by atoms with Gasteiger partial charge in [-0.3, -0.25) is 9.18 Å². The van der Waals surface area contributed by atoms with Crippen LogP contribution < -0.4 is 0 Å². The molecule has 0 aromatic heterocycles. The highest BCUT2D eigenvalue weighted by atomic mass is 19.2. The summed E-state index contributed by atoms with van der Waals surface area (Å²) in [5, 5.41) is 7.82. The molecule has 0 aliphatic rings. The van der Waals surface area contributed by atoms with E-state index in [2.05, 4.69) is 0 Å². The van der Waals surface area contributed by atoms with Gasteiger partial charge in [0.15, 0.2) is 6.17 Å². The molecule has 0 saturated heterocycles. The lowest BCUT2D eigenvalue weighted by atomic mass is 10.1. The van der Waals surface area contributed by atoms with E-state index in [0.29, 0.717) is 0 Å². The van der Waals surface area contributed by atoms with Crippen molar-refractivity contribution < 1.29 is 18.0 Å². The number of nitriles is 1. The first-order valence-corrected chi connectivity index (χ1v) is 2.91. The van der Waals surface area contributed by atoms with E-state index < -0.39 is 31.2 Å². The molecule has 2 unspecified atom stereocenters. The minimum Gasteiger partial charge on any atom is -0.292 e. The first kappa shape index (κ1) is 9.95. The van der Waals surface area contributed by atoms with E-state index >= 15 is 0 Å². The molecule has 0 rings (SSSR count). The minimum atomic E-state index is -2.48. The normalized spacial score (nSPS) is 15.1. The van der Waals surface area contributed by atoms with Crippen molar-refractivity contribution in [3.8, 4) is 6.07 Å². The standard InChI is InChI=1S/C6H6F3NO/c7-2-1-4(8)6(11)5(9)3-10/h4-5H,1-2H2. The molecular weight excluding hydrogens is 159 g/mol. The summed E-state index contributed by atoms with van der Waals surface area (Å²) in [5.41, 5.74) is 0. The predicted molar refractivity (Wildman–Crippen MR) is 31.0 cm³/mol. The lowest BCUT2D eigenvalue weighted by Crippen LogP contribution is -2.25. The number of halogens is 3. The van der Waals surface area contributed by atoms with Crippen LogP contribution in [0.15, 0.2) is 0 Å². The molecule has 0 spiro atoms. The van der Waals surface area contributed by atoms with Gasteiger partial charge in [-0.25, -0.2) is 8.78 Å². The van der Waals surface area contributed by atoms with Crippen molar-refractivity contribution >= 4 is 5.78 Å². The quantitative estimate of drug-likeness (QED) is 0.626. The summed E-state index contributed by atoms with van der Waals surface area (Å²) in [5.74, 6) is -1.50. The van der Waals surface area contributed by atoms with E-state index in [4.69, 9.17) is 5.26 Å². The summed E-state index contributed by atoms with van der Waals surface area (Å²) in [7, 11) is 0. The Kier molecular flexibility index (Phi) is 4.27. The van der Waals surface area contributed by atoms with Crippen LogP contribution in [-0.2, 0) is 4.79 Å². The van der Waals surface area contributed by atoms with Crippen LogP contribution in [0.2, 0.25) is 0 Å². The van der Waals surface area contributed by atoms with E-state index in [1.807, 2.05) is 0 Å². The van der Waals surface area contributed by atoms with Crippen LogP contribution in [0.3, 0.4) is 0 Å². The molecule has 0 heterocycles. The monoisotopic (exact) mass is 165 g/mol. The molecule has 0 aliphatic heterocycles. The number of hydrogen-bond acceptors (Lipinski definition) is 2. The van der Waals surface area contributed by atoms with Crippen molar-refractivity contribution in [1.82, 2.24) is 0 Å². The Morgan fingerprint density at radius 3 is 2.45 bits per heavy atom.